The molecule has 0 spiro atoms. The maximum absolute atomic E-state index is 9.36. The number of anilines is 4. The molecule has 0 saturated carbocycles. The van der Waals surface area contributed by atoms with Gasteiger partial charge in [-0.05, 0) is 24.3 Å². The Labute approximate surface area is 151 Å². The first-order chi connectivity index (χ1) is 12.8. The first kappa shape index (κ1) is 15.6. The second-order valence-electron chi connectivity index (χ2n) is 5.77. The summed E-state index contributed by atoms with van der Waals surface area (Å²) in [6.45, 7) is 1.38. The van der Waals surface area contributed by atoms with E-state index in [-0.39, 0.29) is 11.4 Å². The average Bonchev–Trinajstić information content (AvgIpc) is 2.73. The maximum atomic E-state index is 9.36. The minimum atomic E-state index is 0.0436. The fraction of sp³-hybridized carbons (Fsp3) is 0.100. The summed E-state index contributed by atoms with van der Waals surface area (Å²) < 4.78 is 0. The Bertz CT molecular complexity index is 933. The van der Waals surface area contributed by atoms with Gasteiger partial charge in [-0.25, -0.2) is 9.97 Å². The van der Waals surface area contributed by atoms with Gasteiger partial charge in [0.05, 0.1) is 0 Å². The van der Waals surface area contributed by atoms with E-state index in [2.05, 4.69) is 9.97 Å². The number of fused-ring (bicyclic) bond motifs is 1. The van der Waals surface area contributed by atoms with E-state index in [1.165, 1.54) is 0 Å². The van der Waals surface area contributed by atoms with E-state index >= 15 is 0 Å². The molecule has 2 heterocycles. The molecule has 0 amide bonds. The topological polar surface area (TPSA) is 79.8 Å². The van der Waals surface area contributed by atoms with Crippen LogP contribution in [0.1, 0.15) is 11.4 Å². The number of hydrogen-bond donors (Lipinski definition) is 0. The molecular formula is C20H14N6. The number of nitriles is 2. The Hall–Kier alpha value is -3.90. The molecule has 26 heavy (non-hydrogen) atoms. The van der Waals surface area contributed by atoms with Crippen molar-refractivity contribution in [2.24, 2.45) is 0 Å². The Balaban J connectivity index is 1.91. The van der Waals surface area contributed by atoms with Gasteiger partial charge in [0, 0.05) is 24.5 Å². The first-order valence-electron chi connectivity index (χ1n) is 8.19. The van der Waals surface area contributed by atoms with Crippen LogP contribution in [0.3, 0.4) is 0 Å². The summed E-state index contributed by atoms with van der Waals surface area (Å²) in [5, 5.41) is 18.7. The first-order valence-corrected chi connectivity index (χ1v) is 8.19. The molecule has 0 unspecified atom stereocenters. The highest BCUT2D eigenvalue weighted by molar-refractivity contribution is 5.79. The third-order valence-electron chi connectivity index (χ3n) is 4.27. The molecular weight excluding hydrogens is 324 g/mol. The zero-order chi connectivity index (χ0) is 17.9. The summed E-state index contributed by atoms with van der Waals surface area (Å²) in [4.78, 5) is 13.0. The summed E-state index contributed by atoms with van der Waals surface area (Å²) in [6, 6.07) is 23.7. The van der Waals surface area contributed by atoms with Crippen molar-refractivity contribution >= 4 is 23.0 Å². The van der Waals surface area contributed by atoms with Crippen molar-refractivity contribution in [1.82, 2.24) is 9.97 Å². The van der Waals surface area contributed by atoms with E-state index < -0.39 is 0 Å². The molecule has 0 saturated heterocycles. The van der Waals surface area contributed by atoms with Crippen LogP contribution in [-0.2, 0) is 0 Å². The predicted octanol–water partition coefficient (Wildman–Crippen LogP) is 3.51. The highest BCUT2D eigenvalue weighted by atomic mass is 15.3. The lowest BCUT2D eigenvalue weighted by atomic mass is 10.2. The molecule has 0 bridgehead atoms. The van der Waals surface area contributed by atoms with Gasteiger partial charge in [-0.15, -0.1) is 0 Å². The van der Waals surface area contributed by atoms with Gasteiger partial charge >= 0.3 is 0 Å². The quantitative estimate of drug-likeness (QED) is 0.711. The van der Waals surface area contributed by atoms with Crippen molar-refractivity contribution in [2.45, 2.75) is 0 Å². The van der Waals surface area contributed by atoms with Crippen LogP contribution in [0.4, 0.5) is 23.0 Å². The molecule has 6 heteroatoms. The van der Waals surface area contributed by atoms with Gasteiger partial charge in [-0.2, -0.15) is 10.5 Å². The zero-order valence-corrected chi connectivity index (χ0v) is 13.9. The van der Waals surface area contributed by atoms with E-state index in [1.807, 2.05) is 82.6 Å². The van der Waals surface area contributed by atoms with Crippen LogP contribution in [0.25, 0.3) is 0 Å². The van der Waals surface area contributed by atoms with Gasteiger partial charge in [0.15, 0.2) is 23.0 Å². The number of aromatic nitrogens is 2. The van der Waals surface area contributed by atoms with Crippen molar-refractivity contribution in [1.29, 1.82) is 10.5 Å². The normalized spacial score (nSPS) is 12.8. The Morgan fingerprint density at radius 3 is 1.38 bits per heavy atom. The minimum absolute atomic E-state index is 0.0436. The number of para-hydroxylation sites is 2. The monoisotopic (exact) mass is 338 g/mol. The second kappa shape index (κ2) is 6.54. The van der Waals surface area contributed by atoms with Crippen molar-refractivity contribution < 1.29 is 0 Å². The van der Waals surface area contributed by atoms with Crippen LogP contribution in [-0.4, -0.2) is 23.1 Å². The van der Waals surface area contributed by atoms with Crippen molar-refractivity contribution in [3.63, 3.8) is 0 Å². The van der Waals surface area contributed by atoms with E-state index in [4.69, 9.17) is 0 Å². The van der Waals surface area contributed by atoms with Crippen LogP contribution >= 0.6 is 0 Å². The SMILES string of the molecule is N#Cc1nc2c(nc1C#N)N(c1ccccc1)CCN2c1ccccc1. The molecule has 0 aliphatic carbocycles. The minimum Gasteiger partial charge on any atom is -0.321 e. The fourth-order valence-corrected chi connectivity index (χ4v) is 3.07. The zero-order valence-electron chi connectivity index (χ0n) is 13.9. The van der Waals surface area contributed by atoms with Gasteiger partial charge in [0.2, 0.25) is 0 Å². The molecule has 3 aromatic rings. The fourth-order valence-electron chi connectivity index (χ4n) is 3.07. The lowest BCUT2D eigenvalue weighted by Gasteiger charge is -2.37. The standard InChI is InChI=1S/C20H14N6/c21-13-17-18(14-22)24-20-19(23-17)25(15-7-3-1-4-8-15)11-12-26(20)16-9-5-2-6-10-16/h1-10H,11-12H2. The molecule has 0 N–H and O–H groups in total. The summed E-state index contributed by atoms with van der Waals surface area (Å²) in [7, 11) is 0. The molecule has 1 aliphatic rings. The van der Waals surface area contributed by atoms with Gasteiger partial charge in [-0.1, -0.05) is 36.4 Å². The molecule has 0 radical (unpaired) electrons. The van der Waals surface area contributed by atoms with Crippen molar-refractivity contribution in [2.75, 3.05) is 22.9 Å². The number of hydrogen-bond acceptors (Lipinski definition) is 6. The lowest BCUT2D eigenvalue weighted by molar-refractivity contribution is 0.810. The van der Waals surface area contributed by atoms with E-state index in [9.17, 15) is 10.5 Å². The molecule has 1 aliphatic heterocycles. The van der Waals surface area contributed by atoms with Crippen molar-refractivity contribution in [3.05, 3.63) is 72.1 Å². The third kappa shape index (κ3) is 2.60. The van der Waals surface area contributed by atoms with Gasteiger partial charge < -0.3 is 9.80 Å². The number of benzene rings is 2. The second-order valence-corrected chi connectivity index (χ2v) is 5.77. The van der Waals surface area contributed by atoms with Crippen LogP contribution in [0.15, 0.2) is 60.7 Å². The van der Waals surface area contributed by atoms with Crippen LogP contribution < -0.4 is 9.80 Å². The molecule has 6 nitrogen and oxygen atoms in total. The van der Waals surface area contributed by atoms with Crippen molar-refractivity contribution in [3.8, 4) is 12.1 Å². The van der Waals surface area contributed by atoms with E-state index in [0.29, 0.717) is 24.7 Å². The average molecular weight is 338 g/mol. The van der Waals surface area contributed by atoms with E-state index in [1.54, 1.807) is 0 Å². The van der Waals surface area contributed by atoms with Gasteiger partial charge in [-0.3, -0.25) is 0 Å². The smallest absolute Gasteiger partial charge is 0.179 e. The highest BCUT2D eigenvalue weighted by Crippen LogP contribution is 2.38. The Morgan fingerprint density at radius 1 is 0.654 bits per heavy atom. The van der Waals surface area contributed by atoms with Gasteiger partial charge in [0.25, 0.3) is 0 Å². The summed E-state index contributed by atoms with van der Waals surface area (Å²) >= 11 is 0. The van der Waals surface area contributed by atoms with E-state index in [0.717, 1.165) is 11.4 Å². The third-order valence-corrected chi connectivity index (χ3v) is 4.27. The molecule has 2 aromatic carbocycles. The highest BCUT2D eigenvalue weighted by Gasteiger charge is 2.29. The van der Waals surface area contributed by atoms with Crippen LogP contribution in [0.2, 0.25) is 0 Å². The summed E-state index contributed by atoms with van der Waals surface area (Å²) in [5.41, 5.74) is 2.04. The lowest BCUT2D eigenvalue weighted by Crippen LogP contribution is -2.38. The van der Waals surface area contributed by atoms with Gasteiger partial charge in [0.1, 0.15) is 12.1 Å². The maximum Gasteiger partial charge on any atom is 0.179 e. The van der Waals surface area contributed by atoms with Crippen LogP contribution in [0.5, 0.6) is 0 Å². The molecule has 0 fully saturated rings. The molecule has 0 atom stereocenters. The summed E-state index contributed by atoms with van der Waals surface area (Å²) in [6.07, 6.45) is 0. The molecule has 1 aromatic heterocycles. The molecule has 124 valence electrons. The Morgan fingerprint density at radius 2 is 1.04 bits per heavy atom. The van der Waals surface area contributed by atoms with Crippen LogP contribution in [0, 0.1) is 22.7 Å². The molecule has 4 rings (SSSR count). The predicted molar refractivity (Wildman–Crippen MR) is 98.4 cm³/mol. The largest absolute Gasteiger partial charge is 0.321 e. The number of nitrogens with zero attached hydrogens (tertiary/aromatic N) is 6. The number of rotatable bonds is 2. The Kier molecular flexibility index (Phi) is 3.93. The summed E-state index contributed by atoms with van der Waals surface area (Å²) in [5.74, 6) is 1.17.